The molecule has 10 heteroatoms. The Bertz CT molecular complexity index is 1260. The van der Waals surface area contributed by atoms with E-state index < -0.39 is 29.6 Å². The number of furan rings is 1. The summed E-state index contributed by atoms with van der Waals surface area (Å²) in [6.07, 6.45) is -2.27. The van der Waals surface area contributed by atoms with Gasteiger partial charge in [-0.3, -0.25) is 4.79 Å². The number of nitrogens with one attached hydrogen (secondary N) is 1. The number of aromatic nitrogens is 3. The number of nitrogens with zero attached hydrogens (tertiary/aromatic N) is 3. The number of hydrogen-bond donors (Lipinski definition) is 1. The molecule has 0 radical (unpaired) electrons. The number of rotatable bonds is 2. The van der Waals surface area contributed by atoms with E-state index in [2.05, 4.69) is 15.0 Å². The molecule has 160 valence electrons. The molecule has 0 fully saturated rings. The van der Waals surface area contributed by atoms with E-state index in [1.165, 1.54) is 11.2 Å². The van der Waals surface area contributed by atoms with Gasteiger partial charge < -0.3 is 18.7 Å². The standard InChI is InChI=1S/C21H17F3N4O3/c1-10-3-4-11(2)17-12(10)7-14(31-17)16-15-13(25-8-26-15)5-6-28(16)20(29)18-19(21(22,23)24)27-9-30-18/h3-4,7-9,16H,5-6H2,1-2H3,(H,25,26)/t16-/m1/s1. The van der Waals surface area contributed by atoms with Crippen molar-refractivity contribution in [2.45, 2.75) is 32.5 Å². The van der Waals surface area contributed by atoms with Crippen molar-refractivity contribution in [2.24, 2.45) is 0 Å². The molecule has 0 unspecified atom stereocenters. The van der Waals surface area contributed by atoms with Crippen molar-refractivity contribution in [1.29, 1.82) is 0 Å². The number of oxazole rings is 1. The summed E-state index contributed by atoms with van der Waals surface area (Å²) >= 11 is 0. The van der Waals surface area contributed by atoms with Crippen LogP contribution < -0.4 is 0 Å². The number of aryl methyl sites for hydroxylation is 2. The lowest BCUT2D eigenvalue weighted by Gasteiger charge is -2.33. The van der Waals surface area contributed by atoms with Gasteiger partial charge in [-0.25, -0.2) is 9.97 Å². The molecule has 0 saturated carbocycles. The highest BCUT2D eigenvalue weighted by atomic mass is 19.4. The summed E-state index contributed by atoms with van der Waals surface area (Å²) in [6.45, 7) is 4.00. The topological polar surface area (TPSA) is 88.2 Å². The molecule has 1 aromatic carbocycles. The van der Waals surface area contributed by atoms with E-state index in [-0.39, 0.29) is 6.54 Å². The molecule has 0 aliphatic carbocycles. The number of alkyl halides is 3. The molecule has 3 aromatic heterocycles. The van der Waals surface area contributed by atoms with E-state index in [1.807, 2.05) is 32.0 Å². The highest BCUT2D eigenvalue weighted by molar-refractivity contribution is 5.93. The van der Waals surface area contributed by atoms with Gasteiger partial charge in [-0.15, -0.1) is 0 Å². The maximum atomic E-state index is 13.3. The Hall–Kier alpha value is -3.56. The lowest BCUT2D eigenvalue weighted by Crippen LogP contribution is -2.41. The van der Waals surface area contributed by atoms with E-state index >= 15 is 0 Å². The Kier molecular flexibility index (Phi) is 4.21. The van der Waals surface area contributed by atoms with E-state index in [0.717, 1.165) is 22.2 Å². The second-order valence-corrected chi connectivity index (χ2v) is 7.54. The zero-order valence-corrected chi connectivity index (χ0v) is 16.6. The van der Waals surface area contributed by atoms with Crippen LogP contribution in [0.3, 0.4) is 0 Å². The SMILES string of the molecule is Cc1ccc(C)c2oc([C@@H]3c4nc[nH]c4CCN3C(=O)c3ocnc3C(F)(F)F)cc12. The lowest BCUT2D eigenvalue weighted by molar-refractivity contribution is -0.141. The van der Waals surface area contributed by atoms with Crippen molar-refractivity contribution in [3.05, 3.63) is 70.6 Å². The second kappa shape index (κ2) is 6.73. The number of benzene rings is 1. The molecular formula is C21H17F3N4O3. The van der Waals surface area contributed by atoms with Gasteiger partial charge in [0.05, 0.1) is 12.0 Å². The summed E-state index contributed by atoms with van der Waals surface area (Å²) in [6, 6.07) is 4.90. The van der Waals surface area contributed by atoms with Crippen molar-refractivity contribution >= 4 is 16.9 Å². The van der Waals surface area contributed by atoms with Gasteiger partial charge in [-0.2, -0.15) is 13.2 Å². The fourth-order valence-electron chi connectivity index (χ4n) is 4.06. The Morgan fingerprint density at radius 3 is 2.74 bits per heavy atom. The zero-order valence-electron chi connectivity index (χ0n) is 16.6. The van der Waals surface area contributed by atoms with Gasteiger partial charge in [0.2, 0.25) is 5.76 Å². The predicted molar refractivity (Wildman–Crippen MR) is 102 cm³/mol. The molecule has 0 bridgehead atoms. The first kappa shape index (κ1) is 19.4. The summed E-state index contributed by atoms with van der Waals surface area (Å²) in [4.78, 5) is 25.1. The van der Waals surface area contributed by atoms with Crippen LogP contribution in [0.1, 0.15) is 50.6 Å². The molecule has 1 N–H and O–H groups in total. The van der Waals surface area contributed by atoms with Crippen LogP contribution in [0.4, 0.5) is 13.2 Å². The minimum absolute atomic E-state index is 0.158. The smallest absolute Gasteiger partial charge is 0.437 e. The number of carbonyl (C=O) groups excluding carboxylic acids is 1. The predicted octanol–water partition coefficient (Wildman–Crippen LogP) is 4.57. The maximum absolute atomic E-state index is 13.3. The first-order chi connectivity index (χ1) is 14.8. The van der Waals surface area contributed by atoms with E-state index in [1.54, 1.807) is 0 Å². The van der Waals surface area contributed by atoms with Crippen molar-refractivity contribution < 1.29 is 26.8 Å². The van der Waals surface area contributed by atoms with Gasteiger partial charge in [-0.05, 0) is 31.0 Å². The Balaban J connectivity index is 1.65. The fraction of sp³-hybridized carbons (Fsp3) is 0.286. The summed E-state index contributed by atoms with van der Waals surface area (Å²) in [5, 5.41) is 0.876. The molecule has 4 heterocycles. The van der Waals surface area contributed by atoms with Gasteiger partial charge in [0.1, 0.15) is 17.4 Å². The van der Waals surface area contributed by atoms with Gasteiger partial charge in [0.15, 0.2) is 12.1 Å². The summed E-state index contributed by atoms with van der Waals surface area (Å²) in [7, 11) is 0. The number of H-pyrrole nitrogens is 1. The zero-order chi connectivity index (χ0) is 21.9. The summed E-state index contributed by atoms with van der Waals surface area (Å²) < 4.78 is 51.0. The average Bonchev–Trinajstić information content (AvgIpc) is 3.47. The average molecular weight is 430 g/mol. The fourth-order valence-corrected chi connectivity index (χ4v) is 4.06. The van der Waals surface area contributed by atoms with Crippen molar-refractivity contribution in [2.75, 3.05) is 6.54 Å². The molecule has 1 amide bonds. The molecule has 7 nitrogen and oxygen atoms in total. The highest BCUT2D eigenvalue weighted by Crippen LogP contribution is 2.39. The quantitative estimate of drug-likeness (QED) is 0.503. The van der Waals surface area contributed by atoms with Gasteiger partial charge in [0.25, 0.3) is 5.91 Å². The number of fused-ring (bicyclic) bond motifs is 2. The van der Waals surface area contributed by atoms with Gasteiger partial charge in [-0.1, -0.05) is 12.1 Å². The monoisotopic (exact) mass is 430 g/mol. The van der Waals surface area contributed by atoms with Gasteiger partial charge >= 0.3 is 6.18 Å². The van der Waals surface area contributed by atoms with E-state index in [4.69, 9.17) is 8.83 Å². The van der Waals surface area contributed by atoms with Crippen LogP contribution in [-0.2, 0) is 12.6 Å². The third kappa shape index (κ3) is 3.01. The first-order valence-corrected chi connectivity index (χ1v) is 9.59. The van der Waals surface area contributed by atoms with Crippen LogP contribution in [0.5, 0.6) is 0 Å². The summed E-state index contributed by atoms with van der Waals surface area (Å²) in [5.74, 6) is -1.35. The molecule has 1 aliphatic rings. The first-order valence-electron chi connectivity index (χ1n) is 9.59. The lowest BCUT2D eigenvalue weighted by atomic mass is 9.99. The molecule has 0 spiro atoms. The minimum Gasteiger partial charge on any atom is -0.458 e. The minimum atomic E-state index is -4.81. The third-order valence-electron chi connectivity index (χ3n) is 5.60. The number of carbonyl (C=O) groups is 1. The number of halogens is 3. The van der Waals surface area contributed by atoms with Crippen LogP contribution in [-0.4, -0.2) is 32.3 Å². The Morgan fingerprint density at radius 1 is 1.23 bits per heavy atom. The molecule has 4 aromatic rings. The number of aromatic amines is 1. The maximum Gasteiger partial charge on any atom is 0.437 e. The van der Waals surface area contributed by atoms with Crippen LogP contribution in [0, 0.1) is 13.8 Å². The highest BCUT2D eigenvalue weighted by Gasteiger charge is 2.44. The van der Waals surface area contributed by atoms with Crippen LogP contribution in [0.15, 0.2) is 39.8 Å². The van der Waals surface area contributed by atoms with E-state index in [9.17, 15) is 18.0 Å². The summed E-state index contributed by atoms with van der Waals surface area (Å²) in [5.41, 5.74) is 2.55. The second-order valence-electron chi connectivity index (χ2n) is 7.54. The van der Waals surface area contributed by atoms with E-state index in [0.29, 0.717) is 29.9 Å². The largest absolute Gasteiger partial charge is 0.458 e. The molecule has 5 rings (SSSR count). The number of hydrogen-bond acceptors (Lipinski definition) is 5. The number of amides is 1. The third-order valence-corrected chi connectivity index (χ3v) is 5.60. The van der Waals surface area contributed by atoms with Crippen molar-refractivity contribution in [3.8, 4) is 0 Å². The molecule has 1 aliphatic heterocycles. The van der Waals surface area contributed by atoms with Crippen LogP contribution in [0.25, 0.3) is 11.0 Å². The Labute approximate surface area is 173 Å². The normalized spacial score (nSPS) is 16.7. The molecule has 31 heavy (non-hydrogen) atoms. The number of imidazole rings is 1. The van der Waals surface area contributed by atoms with Crippen molar-refractivity contribution in [1.82, 2.24) is 19.9 Å². The van der Waals surface area contributed by atoms with Crippen molar-refractivity contribution in [3.63, 3.8) is 0 Å². The molecule has 1 atom stereocenters. The molecule has 0 saturated heterocycles. The van der Waals surface area contributed by atoms with Crippen LogP contribution >= 0.6 is 0 Å². The van der Waals surface area contributed by atoms with Gasteiger partial charge in [0, 0.05) is 24.0 Å². The van der Waals surface area contributed by atoms with Crippen LogP contribution in [0.2, 0.25) is 0 Å². The Morgan fingerprint density at radius 2 is 2.00 bits per heavy atom. The molecular weight excluding hydrogens is 413 g/mol.